The van der Waals surface area contributed by atoms with E-state index in [1.54, 1.807) is 12.2 Å². The Hall–Kier alpha value is -1.54. The summed E-state index contributed by atoms with van der Waals surface area (Å²) in [5, 5.41) is 38.0. The number of aliphatic hydroxyl groups excluding tert-OH is 4. The van der Waals surface area contributed by atoms with Crippen LogP contribution < -0.4 is 0 Å². The molecule has 1 rings (SSSR count). The van der Waals surface area contributed by atoms with Gasteiger partial charge in [-0.1, -0.05) is 50.5 Å². The number of aliphatic hydroxyl groups is 4. The third-order valence-corrected chi connectivity index (χ3v) is 5.35. The maximum atomic E-state index is 12.2. The number of carbonyl (C=O) groups is 2. The number of ether oxygens (including phenoxy) is 1. The average Bonchev–Trinajstić information content (AvgIpc) is 2.99. The van der Waals surface area contributed by atoms with Crippen LogP contribution in [0, 0.1) is 11.8 Å². The quantitative estimate of drug-likeness (QED) is 0.179. The summed E-state index contributed by atoms with van der Waals surface area (Å²) in [5.41, 5.74) is 0. The fraction of sp³-hybridized carbons (Fsp3) is 0.739. The maximum Gasteiger partial charge on any atom is 0.305 e. The summed E-state index contributed by atoms with van der Waals surface area (Å²) < 4.78 is 4.83. The lowest BCUT2D eigenvalue weighted by atomic mass is 9.90. The van der Waals surface area contributed by atoms with E-state index in [1.807, 2.05) is 12.2 Å². The Bertz CT molecular complexity index is 558. The van der Waals surface area contributed by atoms with E-state index in [9.17, 15) is 19.8 Å². The van der Waals surface area contributed by atoms with Crippen LogP contribution in [0.5, 0.6) is 0 Å². The Morgan fingerprint density at radius 3 is 2.70 bits per heavy atom. The van der Waals surface area contributed by atoms with Gasteiger partial charge in [-0.2, -0.15) is 0 Å². The zero-order chi connectivity index (χ0) is 22.4. The van der Waals surface area contributed by atoms with Gasteiger partial charge in [0.25, 0.3) is 0 Å². The van der Waals surface area contributed by atoms with Crippen molar-refractivity contribution >= 4 is 11.8 Å². The molecule has 0 aromatic carbocycles. The van der Waals surface area contributed by atoms with Crippen LogP contribution in [0.1, 0.15) is 64.7 Å². The molecular weight excluding hydrogens is 388 g/mol. The lowest BCUT2D eigenvalue weighted by Gasteiger charge is -2.16. The van der Waals surface area contributed by atoms with Crippen LogP contribution in [-0.4, -0.2) is 63.7 Å². The van der Waals surface area contributed by atoms with Gasteiger partial charge < -0.3 is 25.2 Å². The molecule has 0 heterocycles. The number of hydrogen-bond acceptors (Lipinski definition) is 7. The SMILES string of the molecule is CCCCC[C@H](O)/C=C/[C@H]1[C@H](O)CC(=O)[C@@H]1C/C=C\CCCC(=O)OC[C@@H](O)CO. The molecule has 0 aromatic heterocycles. The average molecular weight is 427 g/mol. The number of esters is 1. The summed E-state index contributed by atoms with van der Waals surface area (Å²) in [5.74, 6) is -0.961. The Balaban J connectivity index is 2.37. The normalized spacial score (nSPS) is 24.0. The largest absolute Gasteiger partial charge is 0.463 e. The molecule has 0 radical (unpaired) electrons. The molecule has 172 valence electrons. The molecule has 1 fully saturated rings. The summed E-state index contributed by atoms with van der Waals surface area (Å²) in [6.07, 6.45) is 10.9. The van der Waals surface area contributed by atoms with Crippen molar-refractivity contribution in [1.29, 1.82) is 0 Å². The Morgan fingerprint density at radius 2 is 2.00 bits per heavy atom. The molecule has 1 aliphatic rings. The third-order valence-electron chi connectivity index (χ3n) is 5.35. The lowest BCUT2D eigenvalue weighted by molar-refractivity contribution is -0.147. The highest BCUT2D eigenvalue weighted by atomic mass is 16.5. The number of allylic oxidation sites excluding steroid dienone is 2. The summed E-state index contributed by atoms with van der Waals surface area (Å²) in [6.45, 7) is 1.45. The molecule has 0 spiro atoms. The Labute approximate surface area is 179 Å². The molecule has 0 aromatic rings. The van der Waals surface area contributed by atoms with Crippen molar-refractivity contribution in [3.05, 3.63) is 24.3 Å². The summed E-state index contributed by atoms with van der Waals surface area (Å²) in [4.78, 5) is 23.7. The van der Waals surface area contributed by atoms with Crippen molar-refractivity contribution in [2.45, 2.75) is 83.0 Å². The van der Waals surface area contributed by atoms with Crippen LogP contribution in [0.4, 0.5) is 0 Å². The van der Waals surface area contributed by atoms with E-state index in [4.69, 9.17) is 14.9 Å². The molecule has 1 saturated carbocycles. The van der Waals surface area contributed by atoms with Gasteiger partial charge in [0.15, 0.2) is 0 Å². The van der Waals surface area contributed by atoms with Crippen LogP contribution in [-0.2, 0) is 14.3 Å². The van der Waals surface area contributed by atoms with Crippen molar-refractivity contribution < 1.29 is 34.8 Å². The third kappa shape index (κ3) is 10.5. The lowest BCUT2D eigenvalue weighted by Crippen LogP contribution is -2.21. The van der Waals surface area contributed by atoms with Crippen LogP contribution in [0.3, 0.4) is 0 Å². The fourth-order valence-corrected chi connectivity index (χ4v) is 3.52. The van der Waals surface area contributed by atoms with Gasteiger partial charge in [0, 0.05) is 24.7 Å². The fourth-order valence-electron chi connectivity index (χ4n) is 3.52. The van der Waals surface area contributed by atoms with Crippen molar-refractivity contribution in [3.63, 3.8) is 0 Å². The second-order valence-electron chi connectivity index (χ2n) is 7.99. The van der Waals surface area contributed by atoms with Crippen molar-refractivity contribution in [1.82, 2.24) is 0 Å². The van der Waals surface area contributed by atoms with Crippen molar-refractivity contribution in [2.75, 3.05) is 13.2 Å². The number of rotatable bonds is 15. The Kier molecular flexibility index (Phi) is 13.5. The Morgan fingerprint density at radius 1 is 1.23 bits per heavy atom. The first kappa shape index (κ1) is 26.5. The predicted octanol–water partition coefficient (Wildman–Crippen LogP) is 2.06. The minimum atomic E-state index is -1.05. The number of carbonyl (C=O) groups excluding carboxylic acids is 2. The molecular formula is C23H38O7. The van der Waals surface area contributed by atoms with Gasteiger partial charge in [0.2, 0.25) is 0 Å². The van der Waals surface area contributed by atoms with Gasteiger partial charge >= 0.3 is 5.97 Å². The van der Waals surface area contributed by atoms with E-state index in [0.29, 0.717) is 25.7 Å². The van der Waals surface area contributed by atoms with E-state index in [1.165, 1.54) is 0 Å². The van der Waals surface area contributed by atoms with Crippen LogP contribution in [0.25, 0.3) is 0 Å². The first-order valence-electron chi connectivity index (χ1n) is 11.1. The first-order chi connectivity index (χ1) is 14.4. The highest BCUT2D eigenvalue weighted by Crippen LogP contribution is 2.33. The van der Waals surface area contributed by atoms with E-state index in [-0.39, 0.29) is 37.1 Å². The first-order valence-corrected chi connectivity index (χ1v) is 11.1. The molecule has 1 aliphatic carbocycles. The monoisotopic (exact) mass is 426 g/mol. The molecule has 5 atom stereocenters. The second-order valence-corrected chi connectivity index (χ2v) is 7.99. The molecule has 0 saturated heterocycles. The minimum Gasteiger partial charge on any atom is -0.463 e. The highest BCUT2D eigenvalue weighted by Gasteiger charge is 2.39. The molecule has 0 unspecified atom stereocenters. The van der Waals surface area contributed by atoms with Crippen LogP contribution in [0.15, 0.2) is 24.3 Å². The molecule has 0 aliphatic heterocycles. The van der Waals surface area contributed by atoms with E-state index in [2.05, 4.69) is 6.92 Å². The van der Waals surface area contributed by atoms with Gasteiger partial charge in [-0.05, 0) is 25.7 Å². The number of unbranched alkanes of at least 4 members (excludes halogenated alkanes) is 3. The second kappa shape index (κ2) is 15.3. The van der Waals surface area contributed by atoms with Gasteiger partial charge in [-0.25, -0.2) is 0 Å². The van der Waals surface area contributed by atoms with E-state index >= 15 is 0 Å². The number of hydrogen-bond donors (Lipinski definition) is 4. The smallest absolute Gasteiger partial charge is 0.305 e. The summed E-state index contributed by atoms with van der Waals surface area (Å²) >= 11 is 0. The zero-order valence-corrected chi connectivity index (χ0v) is 18.0. The number of Topliss-reactive ketones (excluding diaryl/α,β-unsaturated/α-hetero) is 1. The van der Waals surface area contributed by atoms with Gasteiger partial charge in [0.1, 0.15) is 18.5 Å². The topological polar surface area (TPSA) is 124 Å². The number of ketones is 1. The maximum absolute atomic E-state index is 12.2. The highest BCUT2D eigenvalue weighted by molar-refractivity contribution is 5.84. The van der Waals surface area contributed by atoms with E-state index in [0.717, 1.165) is 19.3 Å². The van der Waals surface area contributed by atoms with Crippen molar-refractivity contribution in [2.24, 2.45) is 11.8 Å². The molecule has 4 N–H and O–H groups in total. The van der Waals surface area contributed by atoms with Gasteiger partial charge in [-0.3, -0.25) is 9.59 Å². The van der Waals surface area contributed by atoms with Crippen LogP contribution >= 0.6 is 0 Å². The van der Waals surface area contributed by atoms with Crippen molar-refractivity contribution in [3.8, 4) is 0 Å². The van der Waals surface area contributed by atoms with Gasteiger partial charge in [-0.15, -0.1) is 0 Å². The zero-order valence-electron chi connectivity index (χ0n) is 18.0. The molecule has 30 heavy (non-hydrogen) atoms. The van der Waals surface area contributed by atoms with Gasteiger partial charge in [0.05, 0.1) is 18.8 Å². The van der Waals surface area contributed by atoms with E-state index < -0.39 is 30.9 Å². The molecule has 7 nitrogen and oxygen atoms in total. The summed E-state index contributed by atoms with van der Waals surface area (Å²) in [7, 11) is 0. The van der Waals surface area contributed by atoms with Crippen LogP contribution in [0.2, 0.25) is 0 Å². The standard InChI is InChI=1S/C23H38O7/c1-2-3-6-9-17(25)12-13-20-19(21(27)14-22(20)28)10-7-4-5-8-11-23(29)30-16-18(26)15-24/h4,7,12-13,17-20,22,24-26,28H,2-3,5-6,8-11,14-16H2,1H3/b7-4-,13-12+/t17-,18-,19+,20+,22+/m0/s1. The predicted molar refractivity (Wildman–Crippen MR) is 114 cm³/mol. The minimum absolute atomic E-state index is 0.0355. The molecule has 0 bridgehead atoms. The molecule has 7 heteroatoms. The summed E-state index contributed by atoms with van der Waals surface area (Å²) in [6, 6.07) is 0. The molecule has 0 amide bonds.